The molecular weight excluding hydrogens is 218 g/mol. The molecule has 1 aromatic rings. The van der Waals surface area contributed by atoms with Crippen molar-refractivity contribution in [3.8, 4) is 0 Å². The first-order chi connectivity index (χ1) is 7.13. The summed E-state index contributed by atoms with van der Waals surface area (Å²) in [4.78, 5) is 11.1. The van der Waals surface area contributed by atoms with E-state index >= 15 is 0 Å². The van der Waals surface area contributed by atoms with Crippen LogP contribution in [0.5, 0.6) is 0 Å². The molecule has 0 bridgehead atoms. The van der Waals surface area contributed by atoms with Gasteiger partial charge in [-0.1, -0.05) is 6.07 Å². The minimum Gasteiger partial charge on any atom is -0.771 e. The Kier molecular flexibility index (Phi) is 4.26. The summed E-state index contributed by atoms with van der Waals surface area (Å²) >= 11 is -2.16. The third-order valence-electron chi connectivity index (χ3n) is 1.68. The van der Waals surface area contributed by atoms with Crippen molar-refractivity contribution in [2.75, 3.05) is 18.3 Å². The lowest BCUT2D eigenvalue weighted by Crippen LogP contribution is -2.08. The van der Waals surface area contributed by atoms with E-state index in [4.69, 9.17) is 0 Å². The zero-order valence-electron chi connectivity index (χ0n) is 8.06. The van der Waals surface area contributed by atoms with Crippen LogP contribution in [0.15, 0.2) is 24.3 Å². The molecule has 0 saturated carbocycles. The van der Waals surface area contributed by atoms with Crippen LogP contribution in [0.4, 0.5) is 5.69 Å². The van der Waals surface area contributed by atoms with Crippen molar-refractivity contribution < 1.29 is 18.3 Å². The van der Waals surface area contributed by atoms with Gasteiger partial charge in [0.1, 0.15) is 0 Å². The molecule has 1 atom stereocenters. The molecule has 1 rings (SSSR count). The second-order valence-electron chi connectivity index (χ2n) is 2.70. The highest BCUT2D eigenvalue weighted by Gasteiger charge is 2.04. The van der Waals surface area contributed by atoms with Crippen LogP contribution < -0.4 is 5.32 Å². The van der Waals surface area contributed by atoms with Gasteiger partial charge in [0.25, 0.3) is 0 Å². The van der Waals surface area contributed by atoms with E-state index in [0.717, 1.165) is 0 Å². The van der Waals surface area contributed by atoms with Crippen LogP contribution in [0.1, 0.15) is 10.4 Å². The van der Waals surface area contributed by atoms with Crippen LogP contribution >= 0.6 is 0 Å². The second-order valence-corrected chi connectivity index (χ2v) is 3.59. The lowest BCUT2D eigenvalue weighted by Gasteiger charge is -2.09. The van der Waals surface area contributed by atoms with E-state index in [1.165, 1.54) is 13.2 Å². The summed E-state index contributed by atoms with van der Waals surface area (Å²) in [5, 5.41) is 2.64. The van der Waals surface area contributed by atoms with Crippen molar-refractivity contribution >= 4 is 22.7 Å². The molecule has 1 aromatic carbocycles. The molecule has 0 aliphatic carbocycles. The lowest BCUT2D eigenvalue weighted by molar-refractivity contribution is 0.0601. The number of hydrogen-bond acceptors (Lipinski definition) is 5. The lowest BCUT2D eigenvalue weighted by atomic mass is 10.2. The van der Waals surface area contributed by atoms with E-state index in [1.807, 2.05) is 0 Å². The normalized spacial score (nSPS) is 11.9. The summed E-state index contributed by atoms with van der Waals surface area (Å²) in [7, 11) is 1.29. The molecule has 0 radical (unpaired) electrons. The average molecular weight is 228 g/mol. The van der Waals surface area contributed by atoms with Crippen molar-refractivity contribution in [3.05, 3.63) is 29.8 Å². The van der Waals surface area contributed by atoms with E-state index in [0.29, 0.717) is 11.3 Å². The quantitative estimate of drug-likeness (QED) is 0.607. The van der Waals surface area contributed by atoms with Crippen molar-refractivity contribution in [2.24, 2.45) is 0 Å². The molecule has 0 saturated heterocycles. The zero-order valence-corrected chi connectivity index (χ0v) is 8.87. The van der Waals surface area contributed by atoms with Gasteiger partial charge in [0.2, 0.25) is 0 Å². The fourth-order valence-electron chi connectivity index (χ4n) is 1.02. The molecule has 1 unspecified atom stereocenters. The Morgan fingerprint density at radius 1 is 1.60 bits per heavy atom. The number of carbonyl (C=O) groups is 1. The van der Waals surface area contributed by atoms with Gasteiger partial charge < -0.3 is 14.6 Å². The highest BCUT2D eigenvalue weighted by Crippen LogP contribution is 2.11. The van der Waals surface area contributed by atoms with E-state index in [2.05, 4.69) is 10.1 Å². The Hall–Kier alpha value is -1.40. The molecule has 82 valence electrons. The Morgan fingerprint density at radius 2 is 2.33 bits per heavy atom. The van der Waals surface area contributed by atoms with Gasteiger partial charge >= 0.3 is 5.97 Å². The van der Waals surface area contributed by atoms with Crippen LogP contribution in [0.25, 0.3) is 0 Å². The number of methoxy groups -OCH3 is 1. The summed E-state index contributed by atoms with van der Waals surface area (Å²) < 4.78 is 25.1. The van der Waals surface area contributed by atoms with Crippen LogP contribution in [0.3, 0.4) is 0 Å². The third kappa shape index (κ3) is 3.69. The third-order valence-corrected chi connectivity index (χ3v) is 2.06. The van der Waals surface area contributed by atoms with Gasteiger partial charge in [-0.3, -0.25) is 4.21 Å². The summed E-state index contributed by atoms with van der Waals surface area (Å²) in [5.41, 5.74) is 0.932. The monoisotopic (exact) mass is 228 g/mol. The Bertz CT molecular complexity index is 380. The molecule has 0 amide bonds. The Labute approximate surface area is 89.7 Å². The van der Waals surface area contributed by atoms with Gasteiger partial charge in [-0.2, -0.15) is 0 Å². The van der Waals surface area contributed by atoms with E-state index in [-0.39, 0.29) is 5.88 Å². The largest absolute Gasteiger partial charge is 0.771 e. The molecule has 0 fully saturated rings. The van der Waals surface area contributed by atoms with Gasteiger partial charge in [-0.25, -0.2) is 4.79 Å². The maximum atomic E-state index is 11.1. The fraction of sp³-hybridized carbons (Fsp3) is 0.222. The van der Waals surface area contributed by atoms with Crippen LogP contribution in [0.2, 0.25) is 0 Å². The topological polar surface area (TPSA) is 78.5 Å². The van der Waals surface area contributed by atoms with E-state index < -0.39 is 17.0 Å². The maximum Gasteiger partial charge on any atom is 0.337 e. The standard InChI is InChI=1S/C9H11NO4S/c1-14-9(11)7-3-2-4-8(5-7)10-6-15(12)13/h2-5,10H,6H2,1H3,(H,12,13)/p-1. The Morgan fingerprint density at radius 3 is 2.93 bits per heavy atom. The number of rotatable bonds is 4. The number of ether oxygens (including phenoxy) is 1. The number of hydrogen-bond donors (Lipinski definition) is 1. The number of benzene rings is 1. The highest BCUT2D eigenvalue weighted by atomic mass is 32.2. The van der Waals surface area contributed by atoms with Gasteiger partial charge in [0.15, 0.2) is 0 Å². The predicted octanol–water partition coefficient (Wildman–Crippen LogP) is 0.722. The minimum absolute atomic E-state index is 0.190. The fourth-order valence-corrected chi connectivity index (χ4v) is 1.30. The highest BCUT2D eigenvalue weighted by molar-refractivity contribution is 7.79. The van der Waals surface area contributed by atoms with Crippen LogP contribution in [-0.2, 0) is 15.8 Å². The summed E-state index contributed by atoms with van der Waals surface area (Å²) in [6.45, 7) is 0. The molecule has 5 nitrogen and oxygen atoms in total. The number of anilines is 1. The SMILES string of the molecule is COC(=O)c1cccc(NCS(=O)[O-])c1. The second kappa shape index (κ2) is 5.47. The van der Waals surface area contributed by atoms with E-state index in [1.54, 1.807) is 18.2 Å². The van der Waals surface area contributed by atoms with Gasteiger partial charge in [-0.15, -0.1) is 0 Å². The van der Waals surface area contributed by atoms with Gasteiger partial charge in [-0.05, 0) is 29.3 Å². The van der Waals surface area contributed by atoms with Gasteiger partial charge in [0, 0.05) is 5.69 Å². The number of nitrogens with one attached hydrogen (secondary N) is 1. The maximum absolute atomic E-state index is 11.1. The summed E-state index contributed by atoms with van der Waals surface area (Å²) in [6.07, 6.45) is 0. The van der Waals surface area contributed by atoms with Crippen LogP contribution in [0, 0.1) is 0 Å². The van der Waals surface area contributed by atoms with Crippen molar-refractivity contribution in [1.29, 1.82) is 0 Å². The molecule has 0 heterocycles. The molecule has 0 aliphatic heterocycles. The molecular formula is C9H10NO4S-. The zero-order chi connectivity index (χ0) is 11.3. The molecule has 15 heavy (non-hydrogen) atoms. The van der Waals surface area contributed by atoms with Crippen molar-refractivity contribution in [2.45, 2.75) is 0 Å². The van der Waals surface area contributed by atoms with E-state index in [9.17, 15) is 13.6 Å². The summed E-state index contributed by atoms with van der Waals surface area (Å²) in [5.74, 6) is -0.646. The molecule has 1 N–H and O–H groups in total. The first-order valence-electron chi connectivity index (χ1n) is 4.11. The van der Waals surface area contributed by atoms with Gasteiger partial charge in [0.05, 0.1) is 18.6 Å². The molecule has 0 aliphatic rings. The Balaban J connectivity index is 2.74. The number of esters is 1. The first kappa shape index (κ1) is 11.7. The predicted molar refractivity (Wildman–Crippen MR) is 55.2 cm³/mol. The molecule has 0 aromatic heterocycles. The summed E-state index contributed by atoms with van der Waals surface area (Å²) in [6, 6.07) is 6.42. The van der Waals surface area contributed by atoms with Crippen molar-refractivity contribution in [3.63, 3.8) is 0 Å². The minimum atomic E-state index is -2.16. The first-order valence-corrected chi connectivity index (χ1v) is 5.36. The van der Waals surface area contributed by atoms with Crippen molar-refractivity contribution in [1.82, 2.24) is 0 Å². The smallest absolute Gasteiger partial charge is 0.337 e. The molecule has 6 heteroatoms. The van der Waals surface area contributed by atoms with Crippen LogP contribution in [-0.4, -0.2) is 27.7 Å². The number of carbonyl (C=O) groups excluding carboxylic acids is 1. The average Bonchev–Trinajstić information content (AvgIpc) is 2.25. The molecule has 0 spiro atoms.